The van der Waals surface area contributed by atoms with Crippen molar-refractivity contribution in [2.75, 3.05) is 0 Å². The van der Waals surface area contributed by atoms with E-state index in [-0.39, 0.29) is 10.6 Å². The number of nitroso groups, excluding NO2 is 1. The van der Waals surface area contributed by atoms with Crippen LogP contribution in [0.3, 0.4) is 0 Å². The first-order valence-electron chi connectivity index (χ1n) is 4.44. The molecule has 0 saturated carbocycles. The van der Waals surface area contributed by atoms with Crippen LogP contribution in [0.25, 0.3) is 0 Å². The van der Waals surface area contributed by atoms with Gasteiger partial charge in [-0.1, -0.05) is 42.1 Å². The van der Waals surface area contributed by atoms with Crippen molar-refractivity contribution in [3.05, 3.63) is 35.2 Å². The van der Waals surface area contributed by atoms with Crippen molar-refractivity contribution in [3.63, 3.8) is 0 Å². The Hall–Kier alpha value is -0.480. The van der Waals surface area contributed by atoms with Crippen LogP contribution >= 0.6 is 24.4 Å². The van der Waals surface area contributed by atoms with Gasteiger partial charge in [0, 0.05) is 10.1 Å². The second-order valence-corrected chi connectivity index (χ2v) is 5.21. The summed E-state index contributed by atoms with van der Waals surface area (Å²) in [5.74, 6) is 0. The van der Waals surface area contributed by atoms with Crippen LogP contribution in [0.2, 0.25) is 0 Å². The summed E-state index contributed by atoms with van der Waals surface area (Å²) in [6.07, 6.45) is 0.701. The molecule has 1 aromatic rings. The summed E-state index contributed by atoms with van der Waals surface area (Å²) in [4.78, 5) is 11.6. The lowest BCUT2D eigenvalue weighted by molar-refractivity contribution is 0.779. The van der Waals surface area contributed by atoms with Crippen molar-refractivity contribution in [1.29, 1.82) is 0 Å². The van der Waals surface area contributed by atoms with Gasteiger partial charge in [-0.25, -0.2) is 0 Å². The Morgan fingerprint density at radius 1 is 1.43 bits per heavy atom. The number of hydrogen-bond donors (Lipinski definition) is 1. The van der Waals surface area contributed by atoms with Gasteiger partial charge < -0.3 is 0 Å². The molecule has 0 amide bonds. The zero-order valence-electron chi connectivity index (χ0n) is 7.96. The van der Waals surface area contributed by atoms with E-state index in [1.165, 1.54) is 11.8 Å². The van der Waals surface area contributed by atoms with Gasteiger partial charge in [-0.05, 0) is 18.6 Å². The number of hydrogen-bond acceptors (Lipinski definition) is 4. The topological polar surface area (TPSA) is 29.4 Å². The third-order valence-electron chi connectivity index (χ3n) is 1.68. The summed E-state index contributed by atoms with van der Waals surface area (Å²) in [5, 5.41) is 3.06. The number of thioether (sulfide) groups is 1. The summed E-state index contributed by atoms with van der Waals surface area (Å²) >= 11 is 5.73. The van der Waals surface area contributed by atoms with Crippen molar-refractivity contribution in [2.45, 2.75) is 28.9 Å². The van der Waals surface area contributed by atoms with Gasteiger partial charge in [-0.2, -0.15) is 12.6 Å². The Morgan fingerprint density at radius 3 is 2.57 bits per heavy atom. The van der Waals surface area contributed by atoms with Gasteiger partial charge in [-0.15, -0.1) is 4.91 Å². The summed E-state index contributed by atoms with van der Waals surface area (Å²) in [6, 6.07) is 9.81. The average molecular weight is 227 g/mol. The molecule has 0 aromatic heterocycles. The Labute approximate surface area is 93.9 Å². The SMILES string of the molecule is C[C@@H](S)CC(N=O)Sc1ccccc1. The molecule has 4 heteroatoms. The van der Waals surface area contributed by atoms with Gasteiger partial charge in [0.2, 0.25) is 0 Å². The Kier molecular flexibility index (Phi) is 5.04. The van der Waals surface area contributed by atoms with Crippen LogP contribution in [0.15, 0.2) is 40.4 Å². The quantitative estimate of drug-likeness (QED) is 0.473. The van der Waals surface area contributed by atoms with Crippen molar-refractivity contribution in [3.8, 4) is 0 Å². The lowest BCUT2D eigenvalue weighted by atomic mass is 10.3. The Balaban J connectivity index is 2.53. The molecule has 0 aliphatic heterocycles. The molecule has 1 unspecified atom stereocenters. The summed E-state index contributed by atoms with van der Waals surface area (Å²) < 4.78 is 0. The van der Waals surface area contributed by atoms with Gasteiger partial charge in [0.25, 0.3) is 0 Å². The molecule has 0 fully saturated rings. The summed E-state index contributed by atoms with van der Waals surface area (Å²) in [7, 11) is 0. The van der Waals surface area contributed by atoms with Crippen LogP contribution < -0.4 is 0 Å². The lowest BCUT2D eigenvalue weighted by Crippen LogP contribution is -2.04. The zero-order chi connectivity index (χ0) is 10.4. The molecular weight excluding hydrogens is 214 g/mol. The average Bonchev–Trinajstić information content (AvgIpc) is 2.17. The molecule has 0 aliphatic rings. The van der Waals surface area contributed by atoms with Crippen LogP contribution in [0.5, 0.6) is 0 Å². The fourth-order valence-electron chi connectivity index (χ4n) is 1.06. The maximum absolute atomic E-state index is 10.5. The van der Waals surface area contributed by atoms with E-state index in [0.29, 0.717) is 6.42 Å². The molecule has 76 valence electrons. The van der Waals surface area contributed by atoms with Crippen LogP contribution in [0.4, 0.5) is 0 Å². The van der Waals surface area contributed by atoms with E-state index < -0.39 is 0 Å². The lowest BCUT2D eigenvalue weighted by Gasteiger charge is -2.10. The molecule has 0 bridgehead atoms. The maximum Gasteiger partial charge on any atom is 0.143 e. The Bertz CT molecular complexity index is 277. The number of thiol groups is 1. The number of nitrogens with zero attached hydrogens (tertiary/aromatic N) is 1. The first-order chi connectivity index (χ1) is 6.72. The first kappa shape index (κ1) is 11.6. The molecule has 0 heterocycles. The van der Waals surface area contributed by atoms with Crippen molar-refractivity contribution < 1.29 is 0 Å². The Morgan fingerprint density at radius 2 is 2.07 bits per heavy atom. The maximum atomic E-state index is 10.5. The molecule has 1 aromatic carbocycles. The van der Waals surface area contributed by atoms with E-state index in [9.17, 15) is 4.91 Å². The van der Waals surface area contributed by atoms with Crippen molar-refractivity contribution >= 4 is 24.4 Å². The van der Waals surface area contributed by atoms with Gasteiger partial charge in [0.15, 0.2) is 0 Å². The minimum absolute atomic E-state index is 0.203. The fraction of sp³-hybridized carbons (Fsp3) is 0.400. The monoisotopic (exact) mass is 227 g/mol. The predicted octanol–water partition coefficient (Wildman–Crippen LogP) is 3.58. The first-order valence-corrected chi connectivity index (χ1v) is 5.84. The highest BCUT2D eigenvalue weighted by atomic mass is 32.2. The molecular formula is C10H13NOS2. The van der Waals surface area contributed by atoms with Crippen LogP contribution in [-0.4, -0.2) is 10.6 Å². The summed E-state index contributed by atoms with van der Waals surface area (Å²) in [5.41, 5.74) is 0. The molecule has 14 heavy (non-hydrogen) atoms. The normalized spacial score (nSPS) is 14.7. The molecule has 0 saturated heterocycles. The molecule has 1 rings (SSSR count). The minimum Gasteiger partial charge on any atom is -0.176 e. The van der Waals surface area contributed by atoms with Crippen LogP contribution in [-0.2, 0) is 0 Å². The van der Waals surface area contributed by atoms with Gasteiger partial charge >= 0.3 is 0 Å². The highest BCUT2D eigenvalue weighted by Gasteiger charge is 2.12. The van der Waals surface area contributed by atoms with E-state index in [1.807, 2.05) is 37.3 Å². The smallest absolute Gasteiger partial charge is 0.143 e. The number of benzene rings is 1. The molecule has 0 radical (unpaired) electrons. The predicted molar refractivity (Wildman–Crippen MR) is 64.9 cm³/mol. The van der Waals surface area contributed by atoms with Crippen LogP contribution in [0.1, 0.15) is 13.3 Å². The molecule has 2 nitrogen and oxygen atoms in total. The van der Waals surface area contributed by atoms with Gasteiger partial charge in [0.1, 0.15) is 5.37 Å². The largest absolute Gasteiger partial charge is 0.176 e. The molecule has 0 N–H and O–H groups in total. The van der Waals surface area contributed by atoms with E-state index in [1.54, 1.807) is 0 Å². The third-order valence-corrected chi connectivity index (χ3v) is 2.98. The zero-order valence-corrected chi connectivity index (χ0v) is 9.67. The van der Waals surface area contributed by atoms with Gasteiger partial charge in [0.05, 0.1) is 0 Å². The highest BCUT2D eigenvalue weighted by molar-refractivity contribution is 8.00. The standard InChI is InChI=1S/C10H13NOS2/c1-8(13)7-10(11-12)14-9-5-3-2-4-6-9/h2-6,8,10,13H,7H2,1H3/t8-,10?/m1/s1. The molecule has 0 spiro atoms. The molecule has 0 aliphatic carbocycles. The van der Waals surface area contributed by atoms with E-state index in [0.717, 1.165) is 4.90 Å². The fourth-order valence-corrected chi connectivity index (χ4v) is 2.46. The van der Waals surface area contributed by atoms with Crippen molar-refractivity contribution in [2.24, 2.45) is 5.18 Å². The van der Waals surface area contributed by atoms with E-state index >= 15 is 0 Å². The van der Waals surface area contributed by atoms with Crippen molar-refractivity contribution in [1.82, 2.24) is 0 Å². The third kappa shape index (κ3) is 4.15. The minimum atomic E-state index is -0.232. The second-order valence-electron chi connectivity index (χ2n) is 3.08. The van der Waals surface area contributed by atoms with E-state index in [4.69, 9.17) is 0 Å². The highest BCUT2D eigenvalue weighted by Crippen LogP contribution is 2.27. The second kappa shape index (κ2) is 6.09. The summed E-state index contributed by atoms with van der Waals surface area (Å²) in [6.45, 7) is 1.97. The number of rotatable bonds is 5. The molecule has 2 atom stereocenters. The van der Waals surface area contributed by atoms with Crippen LogP contribution in [0, 0.1) is 4.91 Å². The van der Waals surface area contributed by atoms with E-state index in [2.05, 4.69) is 17.8 Å². The van der Waals surface area contributed by atoms with Gasteiger partial charge in [-0.3, -0.25) is 0 Å².